The van der Waals surface area contributed by atoms with Gasteiger partial charge in [-0.1, -0.05) is 6.58 Å². The number of carbonyl (C=O) groups excluding carboxylic acids is 1. The predicted octanol–water partition coefficient (Wildman–Crippen LogP) is 2.13. The van der Waals surface area contributed by atoms with E-state index >= 15 is 0 Å². The van der Waals surface area contributed by atoms with Crippen LogP contribution in [-0.4, -0.2) is 13.1 Å². The first-order valence-electron chi connectivity index (χ1n) is 4.05. The van der Waals surface area contributed by atoms with Crippen molar-refractivity contribution in [2.45, 2.75) is 0 Å². The summed E-state index contributed by atoms with van der Waals surface area (Å²) in [6, 6.07) is 3.22. The van der Waals surface area contributed by atoms with Gasteiger partial charge in [0.25, 0.3) is 0 Å². The van der Waals surface area contributed by atoms with Crippen molar-refractivity contribution in [3.8, 4) is 11.5 Å². The highest BCUT2D eigenvalue weighted by Gasteiger charge is 2.11. The largest absolute Gasteiger partial charge is 0.497 e. The second-order valence-corrected chi connectivity index (χ2v) is 3.51. The number of rotatable bonds is 3. The zero-order valence-electron chi connectivity index (χ0n) is 8.12. The standard InChI is InChI=1S/C10H10BrNO3/c1-3-9(13)15-10-7(11)4-6(14-2)5-8(10)12/h3-5H,1,12H2,2H3. The maximum Gasteiger partial charge on any atom is 0.335 e. The molecule has 1 rings (SSSR count). The Morgan fingerprint density at radius 3 is 2.73 bits per heavy atom. The van der Waals surface area contributed by atoms with Crippen LogP contribution in [0.4, 0.5) is 5.69 Å². The maximum atomic E-state index is 11.0. The van der Waals surface area contributed by atoms with Crippen LogP contribution in [0, 0.1) is 0 Å². The van der Waals surface area contributed by atoms with E-state index in [-0.39, 0.29) is 5.75 Å². The summed E-state index contributed by atoms with van der Waals surface area (Å²) in [7, 11) is 1.52. The van der Waals surface area contributed by atoms with E-state index in [4.69, 9.17) is 15.2 Å². The number of hydrogen-bond acceptors (Lipinski definition) is 4. The number of ether oxygens (including phenoxy) is 2. The highest BCUT2D eigenvalue weighted by Crippen LogP contribution is 2.35. The van der Waals surface area contributed by atoms with Gasteiger partial charge in [-0.3, -0.25) is 0 Å². The number of benzene rings is 1. The molecule has 1 aromatic rings. The summed E-state index contributed by atoms with van der Waals surface area (Å²) in [5.74, 6) is 0.283. The van der Waals surface area contributed by atoms with E-state index in [2.05, 4.69) is 22.5 Å². The topological polar surface area (TPSA) is 61.5 Å². The Kier molecular flexibility index (Phi) is 3.74. The van der Waals surface area contributed by atoms with E-state index < -0.39 is 5.97 Å². The minimum atomic E-state index is -0.562. The lowest BCUT2D eigenvalue weighted by Gasteiger charge is -2.09. The van der Waals surface area contributed by atoms with Crippen molar-refractivity contribution in [2.24, 2.45) is 0 Å². The molecular formula is C10H10BrNO3. The molecule has 0 amide bonds. The fourth-order valence-electron chi connectivity index (χ4n) is 0.957. The molecule has 0 saturated carbocycles. The van der Waals surface area contributed by atoms with Crippen LogP contribution in [0.3, 0.4) is 0 Å². The van der Waals surface area contributed by atoms with Crippen molar-refractivity contribution in [2.75, 3.05) is 12.8 Å². The van der Waals surface area contributed by atoms with E-state index in [0.717, 1.165) is 6.08 Å². The normalized spacial score (nSPS) is 9.47. The SMILES string of the molecule is C=CC(=O)Oc1c(N)cc(OC)cc1Br. The molecule has 4 nitrogen and oxygen atoms in total. The van der Waals surface area contributed by atoms with Gasteiger partial charge in [-0.05, 0) is 22.0 Å². The number of esters is 1. The van der Waals surface area contributed by atoms with E-state index in [1.807, 2.05) is 0 Å². The molecule has 0 aliphatic heterocycles. The van der Waals surface area contributed by atoms with Gasteiger partial charge in [-0.25, -0.2) is 4.79 Å². The second kappa shape index (κ2) is 4.84. The Morgan fingerprint density at radius 2 is 2.27 bits per heavy atom. The molecule has 2 N–H and O–H groups in total. The highest BCUT2D eigenvalue weighted by atomic mass is 79.9. The number of nitrogen functional groups attached to an aromatic ring is 1. The van der Waals surface area contributed by atoms with Crippen molar-refractivity contribution < 1.29 is 14.3 Å². The summed E-state index contributed by atoms with van der Waals surface area (Å²) in [6.45, 7) is 3.29. The smallest absolute Gasteiger partial charge is 0.335 e. The first-order chi connectivity index (χ1) is 7.08. The molecule has 0 aromatic heterocycles. The number of methoxy groups -OCH3 is 1. The van der Waals surface area contributed by atoms with E-state index in [9.17, 15) is 4.79 Å². The van der Waals surface area contributed by atoms with Crippen molar-refractivity contribution in [1.82, 2.24) is 0 Å². The Bertz CT molecular complexity index is 381. The number of carbonyl (C=O) groups is 1. The highest BCUT2D eigenvalue weighted by molar-refractivity contribution is 9.10. The Hall–Kier alpha value is -1.49. The minimum Gasteiger partial charge on any atom is -0.497 e. The summed E-state index contributed by atoms with van der Waals surface area (Å²) < 4.78 is 10.5. The molecule has 0 aliphatic rings. The number of nitrogens with two attached hydrogens (primary N) is 1. The van der Waals surface area contributed by atoms with Crippen molar-refractivity contribution in [3.05, 3.63) is 29.3 Å². The summed E-state index contributed by atoms with van der Waals surface area (Å²) in [4.78, 5) is 11.0. The third-order valence-electron chi connectivity index (χ3n) is 1.65. The first-order valence-corrected chi connectivity index (χ1v) is 4.85. The minimum absolute atomic E-state index is 0.265. The third kappa shape index (κ3) is 2.73. The van der Waals surface area contributed by atoms with Gasteiger partial charge in [-0.2, -0.15) is 0 Å². The molecule has 0 aliphatic carbocycles. The lowest BCUT2D eigenvalue weighted by Crippen LogP contribution is -2.06. The van der Waals surface area contributed by atoms with E-state index in [1.165, 1.54) is 7.11 Å². The fraction of sp³-hybridized carbons (Fsp3) is 0.100. The van der Waals surface area contributed by atoms with Crippen LogP contribution < -0.4 is 15.2 Å². The molecule has 0 spiro atoms. The van der Waals surface area contributed by atoms with Crippen molar-refractivity contribution >= 4 is 27.6 Å². The average Bonchev–Trinajstić information content (AvgIpc) is 2.22. The van der Waals surface area contributed by atoms with E-state index in [1.54, 1.807) is 12.1 Å². The van der Waals surface area contributed by atoms with Gasteiger partial charge in [0.2, 0.25) is 0 Å². The van der Waals surface area contributed by atoms with Gasteiger partial charge in [-0.15, -0.1) is 0 Å². The van der Waals surface area contributed by atoms with Gasteiger partial charge in [0.05, 0.1) is 17.3 Å². The molecule has 80 valence electrons. The van der Waals surface area contributed by atoms with Crippen LogP contribution in [0.15, 0.2) is 29.3 Å². The number of halogens is 1. The zero-order valence-corrected chi connectivity index (χ0v) is 9.71. The third-order valence-corrected chi connectivity index (χ3v) is 2.24. The van der Waals surface area contributed by atoms with Crippen LogP contribution in [0.1, 0.15) is 0 Å². The molecule has 5 heteroatoms. The quantitative estimate of drug-likeness (QED) is 0.396. The number of anilines is 1. The molecule has 0 heterocycles. The van der Waals surface area contributed by atoms with Gasteiger partial charge < -0.3 is 15.2 Å². The zero-order chi connectivity index (χ0) is 11.4. The molecule has 15 heavy (non-hydrogen) atoms. The number of hydrogen-bond donors (Lipinski definition) is 1. The summed E-state index contributed by atoms with van der Waals surface area (Å²) in [5, 5.41) is 0. The molecule has 1 aromatic carbocycles. The predicted molar refractivity (Wildman–Crippen MR) is 60.9 cm³/mol. The summed E-state index contributed by atoms with van der Waals surface area (Å²) in [5.41, 5.74) is 6.00. The maximum absolute atomic E-state index is 11.0. The first kappa shape index (κ1) is 11.6. The van der Waals surface area contributed by atoms with Crippen molar-refractivity contribution in [3.63, 3.8) is 0 Å². The monoisotopic (exact) mass is 271 g/mol. The Balaban J connectivity index is 3.08. The van der Waals surface area contributed by atoms with Gasteiger partial charge in [0.1, 0.15) is 5.75 Å². The molecule has 0 atom stereocenters. The van der Waals surface area contributed by atoms with Crippen molar-refractivity contribution in [1.29, 1.82) is 0 Å². The Labute approximate surface area is 95.8 Å². The Morgan fingerprint density at radius 1 is 1.60 bits per heavy atom. The van der Waals surface area contributed by atoms with E-state index in [0.29, 0.717) is 15.9 Å². The summed E-state index contributed by atoms with van der Waals surface area (Å²) >= 11 is 3.22. The molecule has 0 saturated heterocycles. The van der Waals surface area contributed by atoms with Crippen LogP contribution in [0.25, 0.3) is 0 Å². The summed E-state index contributed by atoms with van der Waals surface area (Å²) in [6.07, 6.45) is 1.07. The second-order valence-electron chi connectivity index (χ2n) is 2.65. The van der Waals surface area contributed by atoms with Crippen LogP contribution in [0.2, 0.25) is 0 Å². The molecular weight excluding hydrogens is 262 g/mol. The molecule has 0 unspecified atom stereocenters. The van der Waals surface area contributed by atoms with Gasteiger partial charge >= 0.3 is 5.97 Å². The van der Waals surface area contributed by atoms with Crippen LogP contribution in [-0.2, 0) is 4.79 Å². The van der Waals surface area contributed by atoms with Gasteiger partial charge in [0.15, 0.2) is 5.75 Å². The fourth-order valence-corrected chi connectivity index (χ4v) is 1.49. The van der Waals surface area contributed by atoms with Crippen LogP contribution >= 0.6 is 15.9 Å². The molecule has 0 bridgehead atoms. The molecule has 0 fully saturated rings. The lowest BCUT2D eigenvalue weighted by atomic mass is 10.3. The lowest BCUT2D eigenvalue weighted by molar-refractivity contribution is -0.128. The van der Waals surface area contributed by atoms with Gasteiger partial charge in [0, 0.05) is 12.1 Å². The average molecular weight is 272 g/mol. The van der Waals surface area contributed by atoms with Crippen LogP contribution in [0.5, 0.6) is 11.5 Å². The molecule has 0 radical (unpaired) electrons.